The normalized spacial score (nSPS) is 10.0. The summed E-state index contributed by atoms with van der Waals surface area (Å²) < 4.78 is 5.60. The van der Waals surface area contributed by atoms with Gasteiger partial charge in [-0.15, -0.1) is 0 Å². The third-order valence-electron chi connectivity index (χ3n) is 2.53. The number of hydrogen-bond donors (Lipinski definition) is 1. The lowest BCUT2D eigenvalue weighted by atomic mass is 10.1. The summed E-state index contributed by atoms with van der Waals surface area (Å²) in [5.74, 6) is -0.978. The maximum atomic E-state index is 11.6. The number of nitrogens with one attached hydrogen (secondary N) is 1. The maximum Gasteiger partial charge on any atom is 0.312 e. The minimum Gasteiger partial charge on any atom is -0.476 e. The third kappa shape index (κ3) is 4.82. The number of benzene rings is 1. The second-order valence-corrected chi connectivity index (χ2v) is 5.17. The number of nitrogens with zero attached hydrogens (tertiary/aromatic N) is 1. The van der Waals surface area contributed by atoms with Crippen LogP contribution in [-0.4, -0.2) is 29.8 Å². The fourth-order valence-corrected chi connectivity index (χ4v) is 2.03. The van der Waals surface area contributed by atoms with Gasteiger partial charge in [0.1, 0.15) is 0 Å². The number of nitro benzene ring substituents is 1. The number of halogens is 1. The number of ketones is 1. The molecule has 0 aliphatic heterocycles. The Balaban J connectivity index is 3.05. The Morgan fingerprint density at radius 1 is 1.43 bits per heavy atom. The Morgan fingerprint density at radius 3 is 2.62 bits per heavy atom. The number of rotatable bonds is 7. The van der Waals surface area contributed by atoms with Crippen LogP contribution in [0, 0.1) is 10.1 Å². The van der Waals surface area contributed by atoms with E-state index in [1.807, 2.05) is 6.92 Å². The van der Waals surface area contributed by atoms with E-state index < -0.39 is 10.8 Å². The molecule has 114 valence electrons. The predicted molar refractivity (Wildman–Crippen MR) is 79.6 cm³/mol. The standard InChI is InChI=1S/C13H15BrN2O5/c1-3-4-15-12(18)7-21-13-10(8(2)17)5-9(14)6-11(13)16(19)20/h5-6H,3-4,7H2,1-2H3,(H,15,18). The van der Waals surface area contributed by atoms with Gasteiger partial charge in [-0.05, 0) is 19.4 Å². The average Bonchev–Trinajstić information content (AvgIpc) is 2.42. The predicted octanol–water partition coefficient (Wildman–Crippen LogP) is 2.46. The van der Waals surface area contributed by atoms with Crippen LogP contribution in [0.1, 0.15) is 30.6 Å². The number of nitro groups is 1. The second-order valence-electron chi connectivity index (χ2n) is 4.25. The van der Waals surface area contributed by atoms with Crippen molar-refractivity contribution in [1.29, 1.82) is 0 Å². The molecule has 0 aliphatic carbocycles. The molecular weight excluding hydrogens is 344 g/mol. The fraction of sp³-hybridized carbons (Fsp3) is 0.385. The molecule has 0 heterocycles. The zero-order chi connectivity index (χ0) is 16.0. The molecular formula is C13H15BrN2O5. The van der Waals surface area contributed by atoms with Crippen LogP contribution in [0.5, 0.6) is 5.75 Å². The van der Waals surface area contributed by atoms with Crippen molar-refractivity contribution < 1.29 is 19.2 Å². The van der Waals surface area contributed by atoms with Crippen molar-refractivity contribution in [1.82, 2.24) is 5.32 Å². The lowest BCUT2D eigenvalue weighted by Gasteiger charge is -2.11. The van der Waals surface area contributed by atoms with Crippen molar-refractivity contribution in [3.8, 4) is 5.75 Å². The first-order valence-corrected chi connectivity index (χ1v) is 7.04. The van der Waals surface area contributed by atoms with Gasteiger partial charge < -0.3 is 10.1 Å². The summed E-state index contributed by atoms with van der Waals surface area (Å²) in [4.78, 5) is 33.5. The highest BCUT2D eigenvalue weighted by Gasteiger charge is 2.23. The smallest absolute Gasteiger partial charge is 0.312 e. The minimum atomic E-state index is -0.656. The molecule has 21 heavy (non-hydrogen) atoms. The van der Waals surface area contributed by atoms with Gasteiger partial charge in [0.2, 0.25) is 5.75 Å². The topological polar surface area (TPSA) is 98.5 Å². The molecule has 0 saturated heterocycles. The van der Waals surface area contributed by atoms with Crippen LogP contribution >= 0.6 is 15.9 Å². The van der Waals surface area contributed by atoms with E-state index >= 15 is 0 Å². The number of carbonyl (C=O) groups is 2. The molecule has 0 aromatic heterocycles. The first kappa shape index (κ1) is 17.1. The van der Waals surface area contributed by atoms with Gasteiger partial charge in [-0.25, -0.2) is 0 Å². The second kappa shape index (κ2) is 7.72. The first-order chi connectivity index (χ1) is 9.86. The average molecular weight is 359 g/mol. The number of amides is 1. The van der Waals surface area contributed by atoms with Crippen molar-refractivity contribution >= 4 is 33.3 Å². The number of hydrogen-bond acceptors (Lipinski definition) is 5. The lowest BCUT2D eigenvalue weighted by Crippen LogP contribution is -2.29. The Morgan fingerprint density at radius 2 is 2.10 bits per heavy atom. The highest BCUT2D eigenvalue weighted by Crippen LogP contribution is 2.34. The number of ether oxygens (including phenoxy) is 1. The van der Waals surface area contributed by atoms with Crippen LogP contribution in [0.15, 0.2) is 16.6 Å². The van der Waals surface area contributed by atoms with Crippen LogP contribution in [-0.2, 0) is 4.79 Å². The van der Waals surface area contributed by atoms with Gasteiger partial charge in [0.15, 0.2) is 12.4 Å². The summed E-state index contributed by atoms with van der Waals surface area (Å²) in [6.45, 7) is 3.27. The van der Waals surface area contributed by atoms with E-state index in [4.69, 9.17) is 4.74 Å². The summed E-state index contributed by atoms with van der Waals surface area (Å²) in [5, 5.41) is 13.6. The molecule has 0 unspecified atom stereocenters. The molecule has 1 N–H and O–H groups in total. The van der Waals surface area contributed by atoms with Gasteiger partial charge in [-0.3, -0.25) is 19.7 Å². The van der Waals surface area contributed by atoms with Crippen molar-refractivity contribution in [2.24, 2.45) is 0 Å². The Labute approximate surface area is 129 Å². The molecule has 0 radical (unpaired) electrons. The number of carbonyl (C=O) groups excluding carboxylic acids is 2. The fourth-order valence-electron chi connectivity index (χ4n) is 1.58. The van der Waals surface area contributed by atoms with Gasteiger partial charge in [0.25, 0.3) is 5.91 Å². The van der Waals surface area contributed by atoms with Gasteiger partial charge in [0, 0.05) is 17.1 Å². The Hall–Kier alpha value is -1.96. The quantitative estimate of drug-likeness (QED) is 0.458. The van der Waals surface area contributed by atoms with Gasteiger partial charge in [-0.1, -0.05) is 22.9 Å². The monoisotopic (exact) mass is 358 g/mol. The van der Waals surface area contributed by atoms with Crippen molar-refractivity contribution in [2.45, 2.75) is 20.3 Å². The maximum absolute atomic E-state index is 11.6. The minimum absolute atomic E-state index is 0.0550. The van der Waals surface area contributed by atoms with Crippen LogP contribution in [0.4, 0.5) is 5.69 Å². The molecule has 0 bridgehead atoms. The first-order valence-electron chi connectivity index (χ1n) is 6.25. The van der Waals surface area contributed by atoms with Crippen LogP contribution in [0.3, 0.4) is 0 Å². The summed E-state index contributed by atoms with van der Waals surface area (Å²) in [7, 11) is 0. The van der Waals surface area contributed by atoms with Gasteiger partial charge >= 0.3 is 5.69 Å². The van der Waals surface area contributed by atoms with E-state index in [1.54, 1.807) is 0 Å². The summed E-state index contributed by atoms with van der Waals surface area (Å²) in [6, 6.07) is 2.65. The van der Waals surface area contributed by atoms with E-state index in [9.17, 15) is 19.7 Å². The lowest BCUT2D eigenvalue weighted by molar-refractivity contribution is -0.385. The molecule has 0 saturated carbocycles. The Kier molecular flexibility index (Phi) is 6.29. The van der Waals surface area contributed by atoms with E-state index in [2.05, 4.69) is 21.2 Å². The van der Waals surface area contributed by atoms with Crippen LogP contribution < -0.4 is 10.1 Å². The van der Waals surface area contributed by atoms with Crippen molar-refractivity contribution in [3.63, 3.8) is 0 Å². The summed E-state index contributed by atoms with van der Waals surface area (Å²) in [6.07, 6.45) is 0.767. The summed E-state index contributed by atoms with van der Waals surface area (Å²) >= 11 is 3.11. The van der Waals surface area contributed by atoms with E-state index in [0.717, 1.165) is 6.42 Å². The SMILES string of the molecule is CCCNC(=O)COc1c(C(C)=O)cc(Br)cc1[N+](=O)[O-]. The van der Waals surface area contributed by atoms with E-state index in [1.165, 1.54) is 19.1 Å². The van der Waals surface area contributed by atoms with Crippen molar-refractivity contribution in [3.05, 3.63) is 32.3 Å². The van der Waals surface area contributed by atoms with E-state index in [-0.39, 0.29) is 29.4 Å². The molecule has 1 amide bonds. The molecule has 0 atom stereocenters. The Bertz CT molecular complexity index is 539. The zero-order valence-electron chi connectivity index (χ0n) is 11.6. The summed E-state index contributed by atoms with van der Waals surface area (Å²) in [5.41, 5.74) is -0.308. The molecule has 0 spiro atoms. The highest BCUT2D eigenvalue weighted by molar-refractivity contribution is 9.10. The molecule has 7 nitrogen and oxygen atoms in total. The van der Waals surface area contributed by atoms with Crippen LogP contribution in [0.2, 0.25) is 0 Å². The van der Waals surface area contributed by atoms with Crippen molar-refractivity contribution in [2.75, 3.05) is 13.2 Å². The number of Topliss-reactive ketones (excluding diaryl/α,β-unsaturated/α-hetero) is 1. The molecule has 0 fully saturated rings. The highest BCUT2D eigenvalue weighted by atomic mass is 79.9. The van der Waals surface area contributed by atoms with Crippen LogP contribution in [0.25, 0.3) is 0 Å². The molecule has 0 aliphatic rings. The molecule has 1 aromatic rings. The zero-order valence-corrected chi connectivity index (χ0v) is 13.2. The van der Waals surface area contributed by atoms with Gasteiger partial charge in [-0.2, -0.15) is 0 Å². The largest absolute Gasteiger partial charge is 0.476 e. The third-order valence-corrected chi connectivity index (χ3v) is 2.99. The van der Waals surface area contributed by atoms with Gasteiger partial charge in [0.05, 0.1) is 10.5 Å². The molecule has 1 aromatic carbocycles. The molecule has 1 rings (SSSR count). The van der Waals surface area contributed by atoms with E-state index in [0.29, 0.717) is 11.0 Å². The molecule has 8 heteroatoms.